The van der Waals surface area contributed by atoms with E-state index in [1.54, 1.807) is 4.90 Å². The number of nitrogens with zero attached hydrogens (tertiary/aromatic N) is 3. The molecule has 2 aromatic carbocycles. The van der Waals surface area contributed by atoms with Gasteiger partial charge in [0.15, 0.2) is 0 Å². The summed E-state index contributed by atoms with van der Waals surface area (Å²) in [4.78, 5) is 26.4. The van der Waals surface area contributed by atoms with Crippen molar-refractivity contribution in [2.75, 3.05) is 16.8 Å². The minimum atomic E-state index is -0.404. The van der Waals surface area contributed by atoms with Crippen molar-refractivity contribution in [1.29, 1.82) is 0 Å². The topological polar surface area (TPSA) is 75.2 Å². The Bertz CT molecular complexity index is 1020. The number of aryl methyl sites for hydroxylation is 1. The summed E-state index contributed by atoms with van der Waals surface area (Å²) in [5.74, 6) is -0.811. The summed E-state index contributed by atoms with van der Waals surface area (Å²) in [5.41, 5.74) is 2.34. The van der Waals surface area contributed by atoms with Gasteiger partial charge in [-0.1, -0.05) is 29.0 Å². The Kier molecular flexibility index (Phi) is 4.87. The van der Waals surface area contributed by atoms with Crippen LogP contribution in [0.5, 0.6) is 0 Å². The van der Waals surface area contributed by atoms with Crippen LogP contribution in [0.1, 0.15) is 33.3 Å². The van der Waals surface area contributed by atoms with Gasteiger partial charge in [0.2, 0.25) is 11.0 Å². The van der Waals surface area contributed by atoms with Gasteiger partial charge >= 0.3 is 0 Å². The summed E-state index contributed by atoms with van der Waals surface area (Å²) < 4.78 is 13.0. The third-order valence-electron chi connectivity index (χ3n) is 4.59. The lowest BCUT2D eigenvalue weighted by Gasteiger charge is -2.16. The number of carbonyl (C=O) groups is 2. The van der Waals surface area contributed by atoms with Crippen LogP contribution in [0.3, 0.4) is 0 Å². The second-order valence-corrected chi connectivity index (χ2v) is 7.66. The number of rotatable bonds is 4. The Morgan fingerprint density at radius 3 is 2.57 bits per heavy atom. The molecular weight excluding hydrogens is 379 g/mol. The van der Waals surface area contributed by atoms with Crippen LogP contribution in [0, 0.1) is 12.7 Å². The van der Waals surface area contributed by atoms with Crippen LogP contribution < -0.4 is 10.2 Å². The molecule has 2 heterocycles. The number of amides is 2. The molecule has 0 radical (unpaired) electrons. The third-order valence-corrected chi connectivity index (χ3v) is 5.59. The second kappa shape index (κ2) is 7.47. The molecule has 0 aliphatic carbocycles. The van der Waals surface area contributed by atoms with Crippen molar-refractivity contribution in [2.45, 2.75) is 19.3 Å². The summed E-state index contributed by atoms with van der Waals surface area (Å²) in [7, 11) is 0. The minimum Gasteiger partial charge on any atom is -0.312 e. The van der Waals surface area contributed by atoms with E-state index in [1.165, 1.54) is 35.6 Å². The monoisotopic (exact) mass is 396 g/mol. The van der Waals surface area contributed by atoms with Crippen molar-refractivity contribution in [1.82, 2.24) is 10.2 Å². The van der Waals surface area contributed by atoms with Gasteiger partial charge in [0.25, 0.3) is 5.91 Å². The van der Waals surface area contributed by atoms with Crippen molar-refractivity contribution in [2.24, 2.45) is 0 Å². The van der Waals surface area contributed by atoms with Crippen molar-refractivity contribution in [3.05, 3.63) is 70.5 Å². The number of halogens is 1. The van der Waals surface area contributed by atoms with E-state index >= 15 is 0 Å². The fourth-order valence-electron chi connectivity index (χ4n) is 3.07. The molecule has 1 fully saturated rings. The van der Waals surface area contributed by atoms with Gasteiger partial charge in [-0.15, -0.1) is 10.2 Å². The maximum absolute atomic E-state index is 13.0. The van der Waals surface area contributed by atoms with E-state index in [0.717, 1.165) is 11.3 Å². The van der Waals surface area contributed by atoms with Gasteiger partial charge in [0.1, 0.15) is 10.8 Å². The Morgan fingerprint density at radius 1 is 1.14 bits per heavy atom. The van der Waals surface area contributed by atoms with E-state index in [0.29, 0.717) is 28.7 Å². The van der Waals surface area contributed by atoms with Crippen LogP contribution in [0.25, 0.3) is 0 Å². The number of hydrogen-bond donors (Lipinski definition) is 1. The van der Waals surface area contributed by atoms with E-state index in [1.807, 2.05) is 31.2 Å². The molecule has 2 amide bonds. The zero-order valence-corrected chi connectivity index (χ0v) is 15.9. The first-order chi connectivity index (χ1) is 13.5. The summed E-state index contributed by atoms with van der Waals surface area (Å²) >= 11 is 1.25. The van der Waals surface area contributed by atoms with E-state index in [-0.39, 0.29) is 17.7 Å². The molecule has 0 saturated carbocycles. The lowest BCUT2D eigenvalue weighted by atomic mass is 10.1. The molecule has 1 saturated heterocycles. The van der Waals surface area contributed by atoms with Crippen molar-refractivity contribution >= 4 is 34.0 Å². The Balaban J connectivity index is 1.44. The molecule has 3 aromatic rings. The molecule has 0 bridgehead atoms. The molecule has 0 spiro atoms. The number of carbonyl (C=O) groups excluding carboxylic acids is 2. The van der Waals surface area contributed by atoms with Gasteiger partial charge in [-0.3, -0.25) is 14.9 Å². The molecule has 1 unspecified atom stereocenters. The van der Waals surface area contributed by atoms with E-state index in [2.05, 4.69) is 15.5 Å². The standard InChI is InChI=1S/C20H17FN4O2S/c1-12-2-8-16(9-3-12)25-11-14(10-17(25)26)19-23-24-20(28-19)22-18(27)13-4-6-15(21)7-5-13/h2-9,14H,10-11H2,1H3,(H,22,24,27). The van der Waals surface area contributed by atoms with Crippen LogP contribution in [-0.2, 0) is 4.79 Å². The highest BCUT2D eigenvalue weighted by atomic mass is 32.1. The van der Waals surface area contributed by atoms with Crippen LogP contribution >= 0.6 is 11.3 Å². The largest absolute Gasteiger partial charge is 0.312 e. The number of hydrogen-bond acceptors (Lipinski definition) is 5. The third kappa shape index (κ3) is 3.77. The summed E-state index contributed by atoms with van der Waals surface area (Å²) in [6.07, 6.45) is 0.356. The average Bonchev–Trinajstić information content (AvgIpc) is 3.29. The maximum atomic E-state index is 13.0. The zero-order chi connectivity index (χ0) is 19.7. The van der Waals surface area contributed by atoms with E-state index < -0.39 is 5.82 Å². The molecule has 1 aliphatic heterocycles. The fourth-order valence-corrected chi connectivity index (χ4v) is 3.90. The highest BCUT2D eigenvalue weighted by Gasteiger charge is 2.34. The quantitative estimate of drug-likeness (QED) is 0.729. The van der Waals surface area contributed by atoms with Gasteiger partial charge in [-0.2, -0.15) is 0 Å². The smallest absolute Gasteiger partial charge is 0.257 e. The summed E-state index contributed by atoms with van der Waals surface area (Å²) in [6.45, 7) is 2.53. The predicted molar refractivity (Wildman–Crippen MR) is 105 cm³/mol. The average molecular weight is 396 g/mol. The highest BCUT2D eigenvalue weighted by molar-refractivity contribution is 7.15. The van der Waals surface area contributed by atoms with Gasteiger partial charge in [0, 0.05) is 30.1 Å². The molecule has 1 N–H and O–H groups in total. The van der Waals surface area contributed by atoms with Crippen molar-refractivity contribution < 1.29 is 14.0 Å². The minimum absolute atomic E-state index is 0.0425. The maximum Gasteiger partial charge on any atom is 0.257 e. The van der Waals surface area contributed by atoms with Crippen LogP contribution in [0.15, 0.2) is 48.5 Å². The first kappa shape index (κ1) is 18.2. The first-order valence-electron chi connectivity index (χ1n) is 8.77. The molecule has 1 aromatic heterocycles. The number of benzene rings is 2. The summed E-state index contributed by atoms with van der Waals surface area (Å²) in [6, 6.07) is 13.1. The number of nitrogens with one attached hydrogen (secondary N) is 1. The normalized spacial score (nSPS) is 16.4. The van der Waals surface area contributed by atoms with Crippen LogP contribution in [0.4, 0.5) is 15.2 Å². The summed E-state index contributed by atoms with van der Waals surface area (Å²) in [5, 5.41) is 11.9. The van der Waals surface area contributed by atoms with Gasteiger partial charge in [-0.25, -0.2) is 4.39 Å². The number of anilines is 2. The Labute approximate surface area is 165 Å². The van der Waals surface area contributed by atoms with Gasteiger partial charge < -0.3 is 4.90 Å². The van der Waals surface area contributed by atoms with E-state index in [9.17, 15) is 14.0 Å². The molecule has 1 atom stereocenters. The molecule has 8 heteroatoms. The predicted octanol–water partition coefficient (Wildman–Crippen LogP) is 3.76. The molecule has 4 rings (SSSR count). The highest BCUT2D eigenvalue weighted by Crippen LogP contribution is 2.34. The van der Waals surface area contributed by atoms with Gasteiger partial charge in [-0.05, 0) is 43.3 Å². The second-order valence-electron chi connectivity index (χ2n) is 6.65. The number of aromatic nitrogens is 2. The zero-order valence-electron chi connectivity index (χ0n) is 15.1. The Hall–Kier alpha value is -3.13. The van der Waals surface area contributed by atoms with Crippen molar-refractivity contribution in [3.63, 3.8) is 0 Å². The van der Waals surface area contributed by atoms with Gasteiger partial charge in [0.05, 0.1) is 0 Å². The lowest BCUT2D eigenvalue weighted by molar-refractivity contribution is -0.117. The molecule has 142 valence electrons. The molecule has 28 heavy (non-hydrogen) atoms. The first-order valence-corrected chi connectivity index (χ1v) is 9.58. The van der Waals surface area contributed by atoms with E-state index in [4.69, 9.17) is 0 Å². The van der Waals surface area contributed by atoms with Crippen LogP contribution in [0.2, 0.25) is 0 Å². The van der Waals surface area contributed by atoms with Crippen molar-refractivity contribution in [3.8, 4) is 0 Å². The Morgan fingerprint density at radius 2 is 1.86 bits per heavy atom. The SMILES string of the molecule is Cc1ccc(N2CC(c3nnc(NC(=O)c4ccc(F)cc4)s3)CC2=O)cc1. The fraction of sp³-hybridized carbons (Fsp3) is 0.200. The lowest BCUT2D eigenvalue weighted by Crippen LogP contribution is -2.24. The molecule has 1 aliphatic rings. The van der Waals surface area contributed by atoms with Crippen LogP contribution in [-0.4, -0.2) is 28.6 Å². The molecule has 6 nitrogen and oxygen atoms in total. The molecular formula is C20H17FN4O2S.